The Kier molecular flexibility index (Phi) is 7.35. The summed E-state index contributed by atoms with van der Waals surface area (Å²) in [5.74, 6) is 0.855. The maximum absolute atomic E-state index is 12.6. The molecule has 1 aliphatic heterocycles. The van der Waals surface area contributed by atoms with Gasteiger partial charge in [-0.25, -0.2) is 0 Å². The van der Waals surface area contributed by atoms with Crippen LogP contribution in [0, 0.1) is 5.92 Å². The molecule has 0 spiro atoms. The summed E-state index contributed by atoms with van der Waals surface area (Å²) in [5.41, 5.74) is 2.39. The third-order valence-electron chi connectivity index (χ3n) is 6.66. The zero-order valence-electron chi connectivity index (χ0n) is 17.3. The Morgan fingerprint density at radius 1 is 0.867 bits per heavy atom. The number of rotatable bonds is 6. The number of likely N-dealkylation sites (tertiary alicyclic amines) is 1. The van der Waals surface area contributed by atoms with Crippen molar-refractivity contribution < 1.29 is 4.79 Å². The van der Waals surface area contributed by atoms with E-state index in [1.807, 2.05) is 36.4 Å². The van der Waals surface area contributed by atoms with Crippen LogP contribution in [-0.2, 0) is 17.6 Å². The molecule has 1 saturated heterocycles. The summed E-state index contributed by atoms with van der Waals surface area (Å²) in [5, 5.41) is 4.83. The number of amides is 1. The second-order valence-corrected chi connectivity index (χ2v) is 9.66. The molecular weight excluding hydrogens is 415 g/mol. The van der Waals surface area contributed by atoms with Crippen LogP contribution in [0.15, 0.2) is 48.5 Å². The van der Waals surface area contributed by atoms with E-state index >= 15 is 0 Å². The lowest BCUT2D eigenvalue weighted by Gasteiger charge is -2.38. The highest BCUT2D eigenvalue weighted by Gasteiger charge is 2.34. The first kappa shape index (κ1) is 21.7. The second-order valence-electron chi connectivity index (χ2n) is 8.79. The largest absolute Gasteiger partial charge is 0.352 e. The van der Waals surface area contributed by atoms with Crippen molar-refractivity contribution in [3.63, 3.8) is 0 Å². The fourth-order valence-electron chi connectivity index (χ4n) is 5.03. The van der Waals surface area contributed by atoms with Crippen molar-refractivity contribution in [1.82, 2.24) is 10.2 Å². The van der Waals surface area contributed by atoms with Gasteiger partial charge in [0.05, 0.1) is 6.42 Å². The lowest BCUT2D eigenvalue weighted by Crippen LogP contribution is -2.51. The smallest absolute Gasteiger partial charge is 0.224 e. The molecule has 2 aromatic rings. The van der Waals surface area contributed by atoms with Gasteiger partial charge in [-0.2, -0.15) is 0 Å². The van der Waals surface area contributed by atoms with Gasteiger partial charge in [-0.05, 0) is 92.9 Å². The van der Waals surface area contributed by atoms with Crippen LogP contribution in [0.2, 0.25) is 10.0 Å². The molecule has 2 aromatic carbocycles. The molecule has 0 aromatic heterocycles. The van der Waals surface area contributed by atoms with Crippen LogP contribution < -0.4 is 5.32 Å². The molecule has 1 N–H and O–H groups in total. The lowest BCUT2D eigenvalue weighted by atomic mass is 9.89. The fourth-order valence-corrected chi connectivity index (χ4v) is 5.29. The van der Waals surface area contributed by atoms with E-state index in [1.54, 1.807) is 0 Å². The molecule has 2 aliphatic rings. The Morgan fingerprint density at radius 3 is 2.10 bits per heavy atom. The number of hydrogen-bond acceptors (Lipinski definition) is 2. The van der Waals surface area contributed by atoms with Gasteiger partial charge in [-0.15, -0.1) is 0 Å². The molecule has 2 unspecified atom stereocenters. The Hall–Kier alpha value is -1.55. The summed E-state index contributed by atoms with van der Waals surface area (Å²) in [4.78, 5) is 15.2. The standard InChI is InChI=1S/C25H30Cl2N2O/c26-21-8-4-18(5-9-21)16-20-12-14-29(15-13-20)24-3-1-2-23(24)28-25(30)17-19-6-10-22(27)11-7-19/h4-11,20,23-24H,1-3,12-17H2,(H,28,30). The van der Waals surface area contributed by atoms with Crippen molar-refractivity contribution in [3.05, 3.63) is 69.7 Å². The van der Waals surface area contributed by atoms with Crippen molar-refractivity contribution in [2.75, 3.05) is 13.1 Å². The maximum Gasteiger partial charge on any atom is 0.224 e. The van der Waals surface area contributed by atoms with Crippen molar-refractivity contribution in [2.24, 2.45) is 5.92 Å². The van der Waals surface area contributed by atoms with Crippen molar-refractivity contribution in [1.29, 1.82) is 0 Å². The molecule has 160 valence electrons. The molecule has 1 amide bonds. The van der Waals surface area contributed by atoms with Crippen molar-refractivity contribution in [2.45, 2.75) is 57.0 Å². The monoisotopic (exact) mass is 444 g/mol. The van der Waals surface area contributed by atoms with Gasteiger partial charge in [-0.3, -0.25) is 9.69 Å². The second kappa shape index (κ2) is 10.2. The Balaban J connectivity index is 1.26. The molecule has 0 bridgehead atoms. The van der Waals surface area contributed by atoms with E-state index in [4.69, 9.17) is 23.2 Å². The zero-order valence-corrected chi connectivity index (χ0v) is 18.8. The molecule has 2 atom stereocenters. The van der Waals surface area contributed by atoms with E-state index in [9.17, 15) is 4.79 Å². The lowest BCUT2D eigenvalue weighted by molar-refractivity contribution is -0.121. The summed E-state index contributed by atoms with van der Waals surface area (Å²) in [6, 6.07) is 16.6. The van der Waals surface area contributed by atoms with Crippen LogP contribution >= 0.6 is 23.2 Å². The third-order valence-corrected chi connectivity index (χ3v) is 7.16. The first-order valence-electron chi connectivity index (χ1n) is 11.1. The van der Waals surface area contributed by atoms with Crippen LogP contribution in [0.1, 0.15) is 43.2 Å². The third kappa shape index (κ3) is 5.78. The number of hydrogen-bond donors (Lipinski definition) is 1. The minimum Gasteiger partial charge on any atom is -0.352 e. The van der Waals surface area contributed by atoms with Gasteiger partial charge in [0.15, 0.2) is 0 Å². The van der Waals surface area contributed by atoms with Gasteiger partial charge in [-0.1, -0.05) is 47.5 Å². The van der Waals surface area contributed by atoms with E-state index in [0.29, 0.717) is 17.5 Å². The zero-order chi connectivity index (χ0) is 20.9. The highest BCUT2D eigenvalue weighted by atomic mass is 35.5. The molecular formula is C25H30Cl2N2O. The summed E-state index contributed by atoms with van der Waals surface area (Å²) in [7, 11) is 0. The number of halogens is 2. The normalized spacial score (nSPS) is 22.9. The number of benzene rings is 2. The summed E-state index contributed by atoms with van der Waals surface area (Å²) in [6.07, 6.45) is 7.48. The van der Waals surface area contributed by atoms with Gasteiger partial charge >= 0.3 is 0 Å². The van der Waals surface area contributed by atoms with Gasteiger partial charge in [0.25, 0.3) is 0 Å². The topological polar surface area (TPSA) is 32.3 Å². The van der Waals surface area contributed by atoms with E-state index in [1.165, 1.54) is 31.2 Å². The number of carbonyl (C=O) groups is 1. The molecule has 1 aliphatic carbocycles. The number of nitrogens with one attached hydrogen (secondary N) is 1. The SMILES string of the molecule is O=C(Cc1ccc(Cl)cc1)NC1CCCC1N1CCC(Cc2ccc(Cl)cc2)CC1. The number of nitrogens with zero attached hydrogens (tertiary/aromatic N) is 1. The van der Waals surface area contributed by atoms with E-state index in [0.717, 1.165) is 42.4 Å². The molecule has 30 heavy (non-hydrogen) atoms. The average Bonchev–Trinajstić information content (AvgIpc) is 3.20. The molecule has 5 heteroatoms. The molecule has 4 rings (SSSR count). The molecule has 2 fully saturated rings. The molecule has 1 heterocycles. The first-order valence-corrected chi connectivity index (χ1v) is 11.8. The Labute approximate surface area is 189 Å². The van der Waals surface area contributed by atoms with Crippen molar-refractivity contribution in [3.8, 4) is 0 Å². The summed E-state index contributed by atoms with van der Waals surface area (Å²) in [6.45, 7) is 2.26. The van der Waals surface area contributed by atoms with Gasteiger partial charge in [0, 0.05) is 22.1 Å². The molecule has 1 saturated carbocycles. The molecule has 0 radical (unpaired) electrons. The summed E-state index contributed by atoms with van der Waals surface area (Å²) >= 11 is 11.9. The van der Waals surface area contributed by atoms with Crippen LogP contribution in [0.5, 0.6) is 0 Å². The van der Waals surface area contributed by atoms with Crippen LogP contribution in [0.4, 0.5) is 0 Å². The first-order chi connectivity index (χ1) is 14.6. The maximum atomic E-state index is 12.6. The fraction of sp³-hybridized carbons (Fsp3) is 0.480. The quantitative estimate of drug-likeness (QED) is 0.634. The number of piperidine rings is 1. The van der Waals surface area contributed by atoms with Gasteiger partial charge in [0.1, 0.15) is 0 Å². The Morgan fingerprint density at radius 2 is 1.47 bits per heavy atom. The average molecular weight is 445 g/mol. The van der Waals surface area contributed by atoms with E-state index in [-0.39, 0.29) is 11.9 Å². The van der Waals surface area contributed by atoms with Gasteiger partial charge in [0.2, 0.25) is 5.91 Å². The van der Waals surface area contributed by atoms with E-state index < -0.39 is 0 Å². The number of carbonyl (C=O) groups excluding carboxylic acids is 1. The highest BCUT2D eigenvalue weighted by molar-refractivity contribution is 6.30. The van der Waals surface area contributed by atoms with Crippen LogP contribution in [-0.4, -0.2) is 36.0 Å². The van der Waals surface area contributed by atoms with E-state index in [2.05, 4.69) is 22.3 Å². The molecule has 3 nitrogen and oxygen atoms in total. The van der Waals surface area contributed by atoms with Crippen LogP contribution in [0.25, 0.3) is 0 Å². The van der Waals surface area contributed by atoms with Crippen molar-refractivity contribution >= 4 is 29.1 Å². The minimum absolute atomic E-state index is 0.117. The predicted octanol–water partition coefficient (Wildman–Crippen LogP) is 5.53. The van der Waals surface area contributed by atoms with Gasteiger partial charge < -0.3 is 5.32 Å². The predicted molar refractivity (Wildman–Crippen MR) is 124 cm³/mol. The van der Waals surface area contributed by atoms with Crippen LogP contribution in [0.3, 0.4) is 0 Å². The minimum atomic E-state index is 0.117. The highest BCUT2D eigenvalue weighted by Crippen LogP contribution is 2.30. The summed E-state index contributed by atoms with van der Waals surface area (Å²) < 4.78 is 0. The Bertz CT molecular complexity index is 829.